The molecule has 0 aromatic heterocycles. The second-order valence-electron chi connectivity index (χ2n) is 3.23. The summed E-state index contributed by atoms with van der Waals surface area (Å²) in [6, 6.07) is 6.20. The van der Waals surface area contributed by atoms with Crippen molar-refractivity contribution in [2.75, 3.05) is 6.54 Å². The first-order chi connectivity index (χ1) is 7.47. The molecule has 0 saturated carbocycles. The van der Waals surface area contributed by atoms with Crippen LogP contribution in [0.5, 0.6) is 0 Å². The van der Waals surface area contributed by atoms with Crippen LogP contribution in [-0.2, 0) is 14.9 Å². The Bertz CT molecular complexity index is 450. The van der Waals surface area contributed by atoms with Gasteiger partial charge < -0.3 is 4.84 Å². The van der Waals surface area contributed by atoms with E-state index < -0.39 is 16.1 Å². The van der Waals surface area contributed by atoms with Gasteiger partial charge in [-0.2, -0.15) is 0 Å². The van der Waals surface area contributed by atoms with Crippen molar-refractivity contribution in [2.24, 2.45) is 5.90 Å². The van der Waals surface area contributed by atoms with Crippen LogP contribution in [0.1, 0.15) is 6.92 Å². The molecule has 0 saturated heterocycles. The summed E-state index contributed by atoms with van der Waals surface area (Å²) in [5, 5.41) is 0.177. The van der Waals surface area contributed by atoms with Crippen molar-refractivity contribution < 1.29 is 13.3 Å². The van der Waals surface area contributed by atoms with Gasteiger partial charge in [-0.15, -0.1) is 0 Å². The highest BCUT2D eigenvalue weighted by atomic mass is 35.5. The molecule has 3 N–H and O–H groups in total. The molecule has 0 radical (unpaired) electrons. The van der Waals surface area contributed by atoms with Crippen molar-refractivity contribution >= 4 is 21.6 Å². The lowest BCUT2D eigenvalue weighted by molar-refractivity contribution is 0.0702. The lowest BCUT2D eigenvalue weighted by Gasteiger charge is -2.11. The van der Waals surface area contributed by atoms with Crippen LogP contribution in [0.25, 0.3) is 0 Å². The van der Waals surface area contributed by atoms with Crippen molar-refractivity contribution in [2.45, 2.75) is 17.9 Å². The molecular formula is C9H13ClN2O3S. The maximum atomic E-state index is 11.8. The highest BCUT2D eigenvalue weighted by molar-refractivity contribution is 7.89. The van der Waals surface area contributed by atoms with Crippen molar-refractivity contribution in [1.82, 2.24) is 4.72 Å². The normalized spacial score (nSPS) is 13.7. The van der Waals surface area contributed by atoms with Gasteiger partial charge in [0.25, 0.3) is 0 Å². The smallest absolute Gasteiger partial charge is 0.242 e. The minimum atomic E-state index is -3.61. The monoisotopic (exact) mass is 264 g/mol. The molecule has 0 spiro atoms. The number of rotatable bonds is 5. The van der Waals surface area contributed by atoms with Crippen molar-refractivity contribution in [3.8, 4) is 0 Å². The molecule has 1 aromatic rings. The van der Waals surface area contributed by atoms with Crippen LogP contribution in [0.4, 0.5) is 0 Å². The van der Waals surface area contributed by atoms with Gasteiger partial charge in [0.05, 0.1) is 11.1 Å². The first-order valence-corrected chi connectivity index (χ1v) is 6.43. The number of benzene rings is 1. The molecule has 7 heteroatoms. The van der Waals surface area contributed by atoms with Gasteiger partial charge in [-0.3, -0.25) is 0 Å². The second kappa shape index (κ2) is 5.60. The third-order valence-electron chi connectivity index (χ3n) is 1.92. The lowest BCUT2D eigenvalue weighted by Crippen LogP contribution is -2.33. The molecular weight excluding hydrogens is 252 g/mol. The quantitative estimate of drug-likeness (QED) is 0.774. The Kier molecular flexibility index (Phi) is 4.69. The highest BCUT2D eigenvalue weighted by Gasteiger charge is 2.17. The van der Waals surface area contributed by atoms with Crippen molar-refractivity contribution in [3.63, 3.8) is 0 Å². The maximum Gasteiger partial charge on any atom is 0.242 e. The van der Waals surface area contributed by atoms with E-state index in [0.29, 0.717) is 0 Å². The Morgan fingerprint density at radius 3 is 2.69 bits per heavy atom. The van der Waals surface area contributed by atoms with Crippen molar-refractivity contribution in [1.29, 1.82) is 0 Å². The van der Waals surface area contributed by atoms with E-state index in [1.165, 1.54) is 12.1 Å². The number of hydrogen-bond donors (Lipinski definition) is 2. The minimum absolute atomic E-state index is 0.0425. The van der Waals surface area contributed by atoms with Gasteiger partial charge in [0.15, 0.2) is 0 Å². The Morgan fingerprint density at radius 2 is 2.12 bits per heavy atom. The van der Waals surface area contributed by atoms with Crippen LogP contribution >= 0.6 is 11.6 Å². The summed E-state index contributed by atoms with van der Waals surface area (Å²) < 4.78 is 25.9. The van der Waals surface area contributed by atoms with E-state index in [2.05, 4.69) is 9.56 Å². The predicted molar refractivity (Wildman–Crippen MR) is 61.4 cm³/mol. The van der Waals surface area contributed by atoms with E-state index in [9.17, 15) is 8.42 Å². The zero-order chi connectivity index (χ0) is 12.2. The van der Waals surface area contributed by atoms with E-state index in [1.807, 2.05) is 0 Å². The fourth-order valence-electron chi connectivity index (χ4n) is 1.02. The third kappa shape index (κ3) is 3.43. The van der Waals surface area contributed by atoms with Crippen LogP contribution in [0.15, 0.2) is 29.2 Å². The zero-order valence-corrected chi connectivity index (χ0v) is 10.3. The van der Waals surface area contributed by atoms with Crippen LogP contribution in [0.2, 0.25) is 5.02 Å². The first kappa shape index (κ1) is 13.4. The molecule has 0 aliphatic heterocycles. The number of nitrogens with one attached hydrogen (secondary N) is 1. The summed E-state index contributed by atoms with van der Waals surface area (Å²) >= 11 is 5.78. The molecule has 16 heavy (non-hydrogen) atoms. The standard InChI is InChI=1S/C9H13ClN2O3S/c1-7(15-11)6-12-16(13,14)9-5-3-2-4-8(9)10/h2-5,7,12H,6,11H2,1H3. The van der Waals surface area contributed by atoms with E-state index >= 15 is 0 Å². The molecule has 90 valence electrons. The Balaban J connectivity index is 2.83. The summed E-state index contributed by atoms with van der Waals surface area (Å²) in [6.45, 7) is 1.74. The van der Waals surface area contributed by atoms with Crippen LogP contribution < -0.4 is 10.6 Å². The maximum absolute atomic E-state index is 11.8. The molecule has 1 atom stereocenters. The largest absolute Gasteiger partial charge is 0.300 e. The summed E-state index contributed by atoms with van der Waals surface area (Å²) in [5.74, 6) is 4.91. The third-order valence-corrected chi connectivity index (χ3v) is 3.84. The number of hydrogen-bond acceptors (Lipinski definition) is 4. The predicted octanol–water partition coefficient (Wildman–Crippen LogP) is 0.897. The molecule has 5 nitrogen and oxygen atoms in total. The Labute approximate surface area is 99.5 Å². The lowest BCUT2D eigenvalue weighted by atomic mass is 10.4. The van der Waals surface area contributed by atoms with Gasteiger partial charge in [-0.25, -0.2) is 19.0 Å². The molecule has 1 aromatic carbocycles. The average Bonchev–Trinajstić information content (AvgIpc) is 2.26. The number of nitrogens with two attached hydrogens (primary N) is 1. The average molecular weight is 265 g/mol. The topological polar surface area (TPSA) is 81.4 Å². The van der Waals surface area contributed by atoms with Gasteiger partial charge in [0, 0.05) is 6.54 Å². The van der Waals surface area contributed by atoms with Gasteiger partial charge in [0.2, 0.25) is 10.0 Å². The van der Waals surface area contributed by atoms with E-state index in [4.69, 9.17) is 17.5 Å². The molecule has 0 aliphatic carbocycles. The fourth-order valence-corrected chi connectivity index (χ4v) is 2.65. The number of sulfonamides is 1. The molecule has 0 amide bonds. The highest BCUT2D eigenvalue weighted by Crippen LogP contribution is 2.19. The van der Waals surface area contributed by atoms with Crippen LogP contribution in [-0.4, -0.2) is 21.1 Å². The second-order valence-corrected chi connectivity index (χ2v) is 5.37. The van der Waals surface area contributed by atoms with Crippen molar-refractivity contribution in [3.05, 3.63) is 29.3 Å². The van der Waals surface area contributed by atoms with E-state index in [1.54, 1.807) is 19.1 Å². The van der Waals surface area contributed by atoms with Crippen LogP contribution in [0.3, 0.4) is 0 Å². The van der Waals surface area contributed by atoms with Gasteiger partial charge in [-0.05, 0) is 19.1 Å². The number of halogens is 1. The zero-order valence-electron chi connectivity index (χ0n) is 8.68. The summed E-state index contributed by atoms with van der Waals surface area (Å²) in [7, 11) is -3.61. The van der Waals surface area contributed by atoms with Gasteiger partial charge in [0.1, 0.15) is 4.90 Å². The molecule has 0 fully saturated rings. The molecule has 1 unspecified atom stereocenters. The minimum Gasteiger partial charge on any atom is -0.300 e. The first-order valence-electron chi connectivity index (χ1n) is 4.57. The summed E-state index contributed by atoms with van der Waals surface area (Å²) in [6.07, 6.45) is -0.405. The molecule has 0 aliphatic rings. The molecule has 0 heterocycles. The van der Waals surface area contributed by atoms with Crippen LogP contribution in [0, 0.1) is 0 Å². The van der Waals surface area contributed by atoms with E-state index in [0.717, 1.165) is 0 Å². The summed E-state index contributed by atoms with van der Waals surface area (Å²) in [5.41, 5.74) is 0. The van der Waals surface area contributed by atoms with Gasteiger partial charge >= 0.3 is 0 Å². The van der Waals surface area contributed by atoms with E-state index in [-0.39, 0.29) is 16.5 Å². The SMILES string of the molecule is CC(CNS(=O)(=O)c1ccccc1Cl)ON. The molecule has 0 bridgehead atoms. The fraction of sp³-hybridized carbons (Fsp3) is 0.333. The van der Waals surface area contributed by atoms with Gasteiger partial charge in [-0.1, -0.05) is 23.7 Å². The summed E-state index contributed by atoms with van der Waals surface area (Å²) in [4.78, 5) is 4.49. The Morgan fingerprint density at radius 1 is 1.50 bits per heavy atom. The molecule has 1 rings (SSSR count). The Hall–Kier alpha value is -0.660.